The first-order valence-corrected chi connectivity index (χ1v) is 5.39. The first-order valence-electron chi connectivity index (χ1n) is 3.91. The van der Waals surface area contributed by atoms with E-state index in [-0.39, 0.29) is 0 Å². The lowest BCUT2D eigenvalue weighted by molar-refractivity contribution is 0.597. The van der Waals surface area contributed by atoms with Gasteiger partial charge in [0.05, 0.1) is 10.6 Å². The third-order valence-corrected chi connectivity index (χ3v) is 3.49. The van der Waals surface area contributed by atoms with Crippen LogP contribution < -0.4 is 4.90 Å². The Morgan fingerprint density at radius 1 is 1.38 bits per heavy atom. The fraction of sp³-hybridized carbons (Fsp3) is 0.222. The maximum absolute atomic E-state index is 11.5. The molecule has 2 rings (SSSR count). The number of benzene rings is 1. The Kier molecular flexibility index (Phi) is 1.80. The van der Waals surface area contributed by atoms with Gasteiger partial charge in [0, 0.05) is 13.6 Å². The molecule has 1 aliphatic heterocycles. The van der Waals surface area contributed by atoms with Crippen LogP contribution in [0.25, 0.3) is 0 Å². The highest BCUT2D eigenvalue weighted by Crippen LogP contribution is 2.30. The van der Waals surface area contributed by atoms with Gasteiger partial charge in [0.15, 0.2) is 9.84 Å². The molecule has 0 spiro atoms. The maximum atomic E-state index is 11.5. The molecule has 0 aromatic heterocycles. The average molecular weight is 195 g/mol. The van der Waals surface area contributed by atoms with Gasteiger partial charge in [-0.05, 0) is 12.1 Å². The number of hydrogen-bond acceptors (Lipinski definition) is 3. The molecule has 1 aromatic carbocycles. The molecule has 0 amide bonds. The Balaban J connectivity index is 2.68. The normalized spacial score (nSPS) is 19.6. The van der Waals surface area contributed by atoms with Gasteiger partial charge in [-0.25, -0.2) is 8.42 Å². The first kappa shape index (κ1) is 8.56. The van der Waals surface area contributed by atoms with E-state index >= 15 is 0 Å². The van der Waals surface area contributed by atoms with E-state index in [2.05, 4.69) is 5.75 Å². The second-order valence-corrected chi connectivity index (χ2v) is 4.71. The molecular weight excluding hydrogens is 186 g/mol. The summed E-state index contributed by atoms with van der Waals surface area (Å²) in [5, 5.41) is 0. The van der Waals surface area contributed by atoms with Crippen LogP contribution >= 0.6 is 0 Å². The zero-order valence-corrected chi connectivity index (χ0v) is 8.00. The minimum Gasteiger partial charge on any atom is -0.372 e. The summed E-state index contributed by atoms with van der Waals surface area (Å²) in [6.07, 6.45) is 0. The first-order chi connectivity index (χ1) is 6.11. The van der Waals surface area contributed by atoms with Gasteiger partial charge in [0.25, 0.3) is 0 Å². The van der Waals surface area contributed by atoms with Crippen LogP contribution in [0.3, 0.4) is 0 Å². The summed E-state index contributed by atoms with van der Waals surface area (Å²) < 4.78 is 23.0. The highest BCUT2D eigenvalue weighted by Gasteiger charge is 2.26. The van der Waals surface area contributed by atoms with Crippen LogP contribution in [0.5, 0.6) is 0 Å². The van der Waals surface area contributed by atoms with Gasteiger partial charge in [0.1, 0.15) is 5.75 Å². The quantitative estimate of drug-likeness (QED) is 0.618. The molecule has 1 aliphatic rings. The fourth-order valence-corrected chi connectivity index (χ4v) is 2.62. The predicted octanol–water partition coefficient (Wildman–Crippen LogP) is 0.949. The topological polar surface area (TPSA) is 37.4 Å². The van der Waals surface area contributed by atoms with Gasteiger partial charge in [-0.3, -0.25) is 0 Å². The molecule has 0 atom stereocenters. The number of anilines is 1. The Bertz CT molecular complexity index is 425. The van der Waals surface area contributed by atoms with Gasteiger partial charge in [-0.15, -0.1) is 0 Å². The van der Waals surface area contributed by atoms with E-state index in [1.54, 1.807) is 18.2 Å². The monoisotopic (exact) mass is 195 g/mol. The number of para-hydroxylation sites is 1. The van der Waals surface area contributed by atoms with Gasteiger partial charge in [-0.2, -0.15) is 0 Å². The Labute approximate surface area is 77.9 Å². The maximum Gasteiger partial charge on any atom is 0.191 e. The lowest BCUT2D eigenvalue weighted by Gasteiger charge is -2.26. The van der Waals surface area contributed by atoms with Crippen molar-refractivity contribution < 1.29 is 8.42 Å². The summed E-state index contributed by atoms with van der Waals surface area (Å²) in [5.74, 6) is 2.46. The number of sulfone groups is 1. The highest BCUT2D eigenvalue weighted by atomic mass is 32.2. The molecule has 0 aliphatic carbocycles. The molecule has 0 unspecified atom stereocenters. The number of nitrogens with zero attached hydrogens (tertiary/aromatic N) is 1. The van der Waals surface area contributed by atoms with Crippen LogP contribution in [-0.2, 0) is 9.84 Å². The summed E-state index contributed by atoms with van der Waals surface area (Å²) in [6.45, 7) is 0.333. The zero-order chi connectivity index (χ0) is 9.47. The van der Waals surface area contributed by atoms with Crippen molar-refractivity contribution in [2.24, 2.45) is 0 Å². The smallest absolute Gasteiger partial charge is 0.191 e. The molecule has 0 saturated heterocycles. The minimum atomic E-state index is -3.27. The van der Waals surface area contributed by atoms with Crippen molar-refractivity contribution in [3.8, 4) is 0 Å². The van der Waals surface area contributed by atoms with Crippen LogP contribution in [0.15, 0.2) is 29.2 Å². The lowest BCUT2D eigenvalue weighted by Crippen LogP contribution is -2.28. The highest BCUT2D eigenvalue weighted by molar-refractivity contribution is 7.93. The zero-order valence-electron chi connectivity index (χ0n) is 7.19. The van der Waals surface area contributed by atoms with E-state index < -0.39 is 9.84 Å². The number of rotatable bonds is 0. The number of fused-ring (bicyclic) bond motifs is 1. The predicted molar refractivity (Wildman–Crippen MR) is 50.1 cm³/mol. The van der Waals surface area contributed by atoms with Crippen molar-refractivity contribution in [3.63, 3.8) is 0 Å². The third-order valence-electron chi connectivity index (χ3n) is 2.06. The van der Waals surface area contributed by atoms with E-state index in [1.165, 1.54) is 0 Å². The molecule has 0 fully saturated rings. The summed E-state index contributed by atoms with van der Waals surface area (Å²) in [6, 6.07) is 6.95. The molecule has 0 saturated carbocycles. The van der Waals surface area contributed by atoms with Crippen molar-refractivity contribution in [2.75, 3.05) is 18.5 Å². The molecule has 1 heterocycles. The van der Waals surface area contributed by atoms with Crippen molar-refractivity contribution in [3.05, 3.63) is 30.0 Å². The fourth-order valence-electron chi connectivity index (χ4n) is 1.34. The SMILES string of the molecule is CN1C[C]S(=O)(=O)c2ccccc21. The van der Waals surface area contributed by atoms with Crippen LogP contribution in [0.1, 0.15) is 0 Å². The average Bonchev–Trinajstić information content (AvgIpc) is 2.13. The summed E-state index contributed by atoms with van der Waals surface area (Å²) in [5.41, 5.74) is 0.751. The number of hydrogen-bond donors (Lipinski definition) is 0. The van der Waals surface area contributed by atoms with Crippen molar-refractivity contribution in [1.82, 2.24) is 0 Å². The second kappa shape index (κ2) is 2.73. The van der Waals surface area contributed by atoms with Crippen LogP contribution in [-0.4, -0.2) is 22.0 Å². The summed E-state index contributed by atoms with van der Waals surface area (Å²) >= 11 is 0. The van der Waals surface area contributed by atoms with Crippen LogP contribution in [0.2, 0.25) is 0 Å². The Morgan fingerprint density at radius 2 is 2.08 bits per heavy atom. The van der Waals surface area contributed by atoms with E-state index in [0.717, 1.165) is 5.69 Å². The molecule has 13 heavy (non-hydrogen) atoms. The molecule has 4 heteroatoms. The standard InChI is InChI=1S/C9H9NO2S/c1-10-6-7-13(11,12)9-5-3-2-4-8(9)10/h2-5H,6H2,1H3. The Hall–Kier alpha value is -1.03. The molecule has 0 N–H and O–H groups in total. The summed E-state index contributed by atoms with van der Waals surface area (Å²) in [7, 11) is -1.42. The van der Waals surface area contributed by atoms with Gasteiger partial charge < -0.3 is 4.90 Å². The van der Waals surface area contributed by atoms with Gasteiger partial charge in [-0.1, -0.05) is 12.1 Å². The molecular formula is C9H9NO2S. The van der Waals surface area contributed by atoms with Gasteiger partial charge >= 0.3 is 0 Å². The van der Waals surface area contributed by atoms with E-state index in [1.807, 2.05) is 18.0 Å². The molecule has 3 nitrogen and oxygen atoms in total. The molecule has 68 valence electrons. The van der Waals surface area contributed by atoms with Crippen molar-refractivity contribution >= 4 is 15.5 Å². The molecule has 2 radical (unpaired) electrons. The largest absolute Gasteiger partial charge is 0.372 e. The minimum absolute atomic E-state index is 0.333. The molecule has 0 bridgehead atoms. The van der Waals surface area contributed by atoms with Gasteiger partial charge in [0.2, 0.25) is 0 Å². The second-order valence-electron chi connectivity index (χ2n) is 2.97. The van der Waals surface area contributed by atoms with E-state index in [9.17, 15) is 8.42 Å². The Morgan fingerprint density at radius 3 is 2.77 bits per heavy atom. The molecule has 1 aromatic rings. The summed E-state index contributed by atoms with van der Waals surface area (Å²) in [4.78, 5) is 2.21. The van der Waals surface area contributed by atoms with E-state index in [0.29, 0.717) is 11.4 Å². The van der Waals surface area contributed by atoms with Crippen LogP contribution in [0, 0.1) is 5.75 Å². The van der Waals surface area contributed by atoms with Crippen molar-refractivity contribution in [2.45, 2.75) is 4.90 Å². The van der Waals surface area contributed by atoms with Crippen molar-refractivity contribution in [1.29, 1.82) is 0 Å². The lowest BCUT2D eigenvalue weighted by atomic mass is 10.3. The third kappa shape index (κ3) is 1.31. The van der Waals surface area contributed by atoms with Crippen LogP contribution in [0.4, 0.5) is 5.69 Å². The van der Waals surface area contributed by atoms with E-state index in [4.69, 9.17) is 0 Å².